The van der Waals surface area contributed by atoms with E-state index in [4.69, 9.17) is 4.74 Å². The molecular weight excluding hydrogens is 280 g/mol. The molecular formula is C17H18N2O3. The lowest BCUT2D eigenvalue weighted by atomic mass is 9.99. The molecule has 1 unspecified atom stereocenters. The maximum absolute atomic E-state index is 12.5. The molecule has 5 heteroatoms. The summed E-state index contributed by atoms with van der Waals surface area (Å²) in [6.07, 6.45) is -0.0386. The molecule has 0 fully saturated rings. The van der Waals surface area contributed by atoms with Crippen molar-refractivity contribution in [3.63, 3.8) is 0 Å². The largest absolute Gasteiger partial charge is 0.497 e. The Labute approximate surface area is 129 Å². The van der Waals surface area contributed by atoms with Crippen molar-refractivity contribution in [3.05, 3.63) is 54.1 Å². The third kappa shape index (κ3) is 2.76. The SMILES string of the molecule is COc1ccc2c(c1)N(C(=O)Nc1ccccc1)CCC2O. The van der Waals surface area contributed by atoms with Gasteiger partial charge in [0.15, 0.2) is 0 Å². The first-order valence-corrected chi connectivity index (χ1v) is 7.18. The molecule has 0 bridgehead atoms. The first-order chi connectivity index (χ1) is 10.7. The highest BCUT2D eigenvalue weighted by Gasteiger charge is 2.28. The van der Waals surface area contributed by atoms with Gasteiger partial charge >= 0.3 is 6.03 Å². The number of hydrogen-bond acceptors (Lipinski definition) is 3. The van der Waals surface area contributed by atoms with E-state index < -0.39 is 6.10 Å². The van der Waals surface area contributed by atoms with Gasteiger partial charge in [-0.3, -0.25) is 4.90 Å². The van der Waals surface area contributed by atoms with Crippen molar-refractivity contribution in [2.24, 2.45) is 0 Å². The normalized spacial score (nSPS) is 16.8. The molecule has 1 heterocycles. The number of nitrogens with one attached hydrogen (secondary N) is 1. The van der Waals surface area contributed by atoms with E-state index in [0.717, 1.165) is 11.3 Å². The molecule has 22 heavy (non-hydrogen) atoms. The van der Waals surface area contributed by atoms with Gasteiger partial charge in [-0.15, -0.1) is 0 Å². The summed E-state index contributed by atoms with van der Waals surface area (Å²) in [5, 5.41) is 13.0. The number of carbonyl (C=O) groups excluding carboxylic acids is 1. The Bertz CT molecular complexity index is 673. The number of nitrogens with zero attached hydrogens (tertiary/aromatic N) is 1. The van der Waals surface area contributed by atoms with Crippen LogP contribution in [-0.4, -0.2) is 24.8 Å². The topological polar surface area (TPSA) is 61.8 Å². The molecule has 1 aliphatic rings. The zero-order chi connectivity index (χ0) is 15.5. The number of aliphatic hydroxyl groups is 1. The first-order valence-electron chi connectivity index (χ1n) is 7.18. The van der Waals surface area contributed by atoms with Crippen molar-refractivity contribution in [1.82, 2.24) is 0 Å². The van der Waals surface area contributed by atoms with E-state index in [1.807, 2.05) is 30.3 Å². The number of methoxy groups -OCH3 is 1. The van der Waals surface area contributed by atoms with Gasteiger partial charge < -0.3 is 15.2 Å². The monoisotopic (exact) mass is 298 g/mol. The van der Waals surface area contributed by atoms with E-state index in [1.54, 1.807) is 30.2 Å². The minimum atomic E-state index is -0.554. The average molecular weight is 298 g/mol. The highest BCUT2D eigenvalue weighted by Crippen LogP contribution is 2.36. The van der Waals surface area contributed by atoms with Crippen LogP contribution in [0, 0.1) is 0 Å². The summed E-state index contributed by atoms with van der Waals surface area (Å²) in [6, 6.07) is 14.5. The fourth-order valence-electron chi connectivity index (χ4n) is 2.62. The van der Waals surface area contributed by atoms with Crippen molar-refractivity contribution < 1.29 is 14.6 Å². The molecule has 0 radical (unpaired) electrons. The minimum absolute atomic E-state index is 0.215. The van der Waals surface area contributed by atoms with Crippen LogP contribution in [0.5, 0.6) is 5.75 Å². The third-order valence-corrected chi connectivity index (χ3v) is 3.78. The molecule has 0 saturated carbocycles. The summed E-state index contributed by atoms with van der Waals surface area (Å²) in [5.74, 6) is 0.658. The first kappa shape index (κ1) is 14.4. The molecule has 0 aliphatic carbocycles. The fraction of sp³-hybridized carbons (Fsp3) is 0.235. The molecule has 5 nitrogen and oxygen atoms in total. The van der Waals surface area contributed by atoms with Crippen molar-refractivity contribution in [1.29, 1.82) is 0 Å². The van der Waals surface area contributed by atoms with Crippen molar-refractivity contribution in [2.45, 2.75) is 12.5 Å². The Kier molecular flexibility index (Phi) is 3.98. The maximum Gasteiger partial charge on any atom is 0.326 e. The van der Waals surface area contributed by atoms with E-state index >= 15 is 0 Å². The predicted octanol–water partition coefficient (Wildman–Crippen LogP) is 3.17. The van der Waals surface area contributed by atoms with Gasteiger partial charge in [0.25, 0.3) is 0 Å². The molecule has 0 spiro atoms. The number of amides is 2. The number of hydrogen-bond donors (Lipinski definition) is 2. The van der Waals surface area contributed by atoms with Gasteiger partial charge in [0.2, 0.25) is 0 Å². The standard InChI is InChI=1S/C17H18N2O3/c1-22-13-7-8-14-15(11-13)19(10-9-16(14)20)17(21)18-12-5-3-2-4-6-12/h2-8,11,16,20H,9-10H2,1H3,(H,18,21). The molecule has 0 aromatic heterocycles. The Morgan fingerprint density at radius 3 is 2.77 bits per heavy atom. The number of ether oxygens (including phenoxy) is 1. The molecule has 1 aliphatic heterocycles. The van der Waals surface area contributed by atoms with Gasteiger partial charge in [-0.1, -0.05) is 24.3 Å². The second-order valence-corrected chi connectivity index (χ2v) is 5.18. The van der Waals surface area contributed by atoms with Crippen molar-refractivity contribution >= 4 is 17.4 Å². The van der Waals surface area contributed by atoms with Crippen LogP contribution < -0.4 is 15.0 Å². The van der Waals surface area contributed by atoms with E-state index in [-0.39, 0.29) is 6.03 Å². The summed E-state index contributed by atoms with van der Waals surface area (Å²) in [4.78, 5) is 14.2. The Hall–Kier alpha value is -2.53. The van der Waals surface area contributed by atoms with Crippen LogP contribution in [0.1, 0.15) is 18.1 Å². The van der Waals surface area contributed by atoms with E-state index in [1.165, 1.54) is 0 Å². The number of urea groups is 1. The van der Waals surface area contributed by atoms with E-state index in [0.29, 0.717) is 24.4 Å². The second-order valence-electron chi connectivity index (χ2n) is 5.18. The minimum Gasteiger partial charge on any atom is -0.497 e. The van der Waals surface area contributed by atoms with Crippen LogP contribution in [0.2, 0.25) is 0 Å². The van der Waals surface area contributed by atoms with Crippen LogP contribution in [0.15, 0.2) is 48.5 Å². The number of rotatable bonds is 2. The van der Waals surface area contributed by atoms with Gasteiger partial charge in [-0.2, -0.15) is 0 Å². The lowest BCUT2D eigenvalue weighted by Gasteiger charge is -2.32. The average Bonchev–Trinajstić information content (AvgIpc) is 2.55. The van der Waals surface area contributed by atoms with Crippen LogP contribution >= 0.6 is 0 Å². The molecule has 114 valence electrons. The van der Waals surface area contributed by atoms with Crippen molar-refractivity contribution in [2.75, 3.05) is 23.9 Å². The predicted molar refractivity (Wildman–Crippen MR) is 85.4 cm³/mol. The number of benzene rings is 2. The maximum atomic E-state index is 12.5. The van der Waals surface area contributed by atoms with Crippen LogP contribution in [0.25, 0.3) is 0 Å². The molecule has 2 amide bonds. The summed E-state index contributed by atoms with van der Waals surface area (Å²) in [6.45, 7) is 0.458. The van der Waals surface area contributed by atoms with Gasteiger partial charge in [-0.05, 0) is 24.6 Å². The molecule has 2 N–H and O–H groups in total. The molecule has 2 aromatic carbocycles. The van der Waals surface area contributed by atoms with Crippen molar-refractivity contribution in [3.8, 4) is 5.75 Å². The number of aliphatic hydroxyl groups excluding tert-OH is 1. The number of para-hydroxylation sites is 1. The Morgan fingerprint density at radius 1 is 1.27 bits per heavy atom. The molecule has 1 atom stereocenters. The van der Waals surface area contributed by atoms with Crippen LogP contribution in [0.3, 0.4) is 0 Å². The summed E-state index contributed by atoms with van der Waals surface area (Å²) >= 11 is 0. The third-order valence-electron chi connectivity index (χ3n) is 3.78. The molecule has 0 saturated heterocycles. The summed E-state index contributed by atoms with van der Waals surface area (Å²) < 4.78 is 5.22. The van der Waals surface area contributed by atoms with Crippen LogP contribution in [0.4, 0.5) is 16.2 Å². The molecule has 3 rings (SSSR count). The zero-order valence-corrected chi connectivity index (χ0v) is 12.3. The Morgan fingerprint density at radius 2 is 2.05 bits per heavy atom. The number of fused-ring (bicyclic) bond motifs is 1. The number of anilines is 2. The lowest BCUT2D eigenvalue weighted by Crippen LogP contribution is -2.39. The zero-order valence-electron chi connectivity index (χ0n) is 12.3. The fourth-order valence-corrected chi connectivity index (χ4v) is 2.62. The quantitative estimate of drug-likeness (QED) is 0.895. The number of carbonyl (C=O) groups is 1. The van der Waals surface area contributed by atoms with Gasteiger partial charge in [-0.25, -0.2) is 4.79 Å². The molecule has 2 aromatic rings. The highest BCUT2D eigenvalue weighted by molar-refractivity contribution is 6.02. The van der Waals surface area contributed by atoms with Crippen LogP contribution in [-0.2, 0) is 0 Å². The van der Waals surface area contributed by atoms with Gasteiger partial charge in [0.05, 0.1) is 18.9 Å². The van der Waals surface area contributed by atoms with Gasteiger partial charge in [0.1, 0.15) is 5.75 Å². The second kappa shape index (κ2) is 6.07. The lowest BCUT2D eigenvalue weighted by molar-refractivity contribution is 0.164. The Balaban J connectivity index is 1.89. The summed E-state index contributed by atoms with van der Waals surface area (Å²) in [5.41, 5.74) is 2.17. The van der Waals surface area contributed by atoms with E-state index in [9.17, 15) is 9.90 Å². The summed E-state index contributed by atoms with van der Waals surface area (Å²) in [7, 11) is 1.58. The smallest absolute Gasteiger partial charge is 0.326 e. The highest BCUT2D eigenvalue weighted by atomic mass is 16.5. The van der Waals surface area contributed by atoms with E-state index in [2.05, 4.69) is 5.32 Å². The van der Waals surface area contributed by atoms with Gasteiger partial charge in [0, 0.05) is 23.9 Å².